The van der Waals surface area contributed by atoms with E-state index >= 15 is 0 Å². The minimum Gasteiger partial charge on any atom is -0.493 e. The molecule has 1 saturated heterocycles. The van der Waals surface area contributed by atoms with Gasteiger partial charge in [-0.3, -0.25) is 14.4 Å². The van der Waals surface area contributed by atoms with Crippen molar-refractivity contribution in [3.05, 3.63) is 48.0 Å². The molecule has 1 fully saturated rings. The second kappa shape index (κ2) is 11.3. The number of methoxy groups -OCH3 is 2. The first-order valence-electron chi connectivity index (χ1n) is 11.4. The number of likely N-dealkylation sites (tertiary alicyclic amines) is 1. The molecule has 0 spiro atoms. The number of thioether (sulfide) groups is 1. The number of nitrogens with one attached hydrogen (secondary N) is 2. The number of carbonyl (C=O) groups is 3. The Morgan fingerprint density at radius 1 is 0.971 bits per heavy atom. The largest absolute Gasteiger partial charge is 0.493 e. The smallest absolute Gasteiger partial charge is 0.262 e. The fourth-order valence-electron chi connectivity index (χ4n) is 3.93. The number of ether oxygens (including phenoxy) is 2. The van der Waals surface area contributed by atoms with Gasteiger partial charge in [0.05, 0.1) is 14.2 Å². The predicted molar refractivity (Wildman–Crippen MR) is 136 cm³/mol. The SMILES string of the molecule is COc1ccc(NC(=O)c2ccc(NC(=O)CC3SC(N4CCCCC4)=NC3=O)cc2)cc1OC. The summed E-state index contributed by atoms with van der Waals surface area (Å²) in [5, 5.41) is 5.84. The Labute approximate surface area is 208 Å². The topological polar surface area (TPSA) is 109 Å². The summed E-state index contributed by atoms with van der Waals surface area (Å²) in [6, 6.07) is 11.7. The van der Waals surface area contributed by atoms with Crippen molar-refractivity contribution in [2.75, 3.05) is 37.9 Å². The minimum atomic E-state index is -0.501. The van der Waals surface area contributed by atoms with Crippen LogP contribution in [0.2, 0.25) is 0 Å². The number of benzene rings is 2. The van der Waals surface area contributed by atoms with Gasteiger partial charge in [0.15, 0.2) is 16.7 Å². The number of amides is 3. The lowest BCUT2D eigenvalue weighted by molar-refractivity contribution is -0.121. The van der Waals surface area contributed by atoms with Crippen LogP contribution < -0.4 is 20.1 Å². The Morgan fingerprint density at radius 2 is 1.66 bits per heavy atom. The molecule has 0 saturated carbocycles. The van der Waals surface area contributed by atoms with E-state index in [2.05, 4.69) is 20.5 Å². The first-order chi connectivity index (χ1) is 17.0. The highest BCUT2D eigenvalue weighted by molar-refractivity contribution is 8.15. The normalized spacial score (nSPS) is 17.5. The Hall–Kier alpha value is -3.53. The Bertz CT molecular complexity index is 1130. The molecule has 2 heterocycles. The van der Waals surface area contributed by atoms with Gasteiger partial charge in [0, 0.05) is 42.5 Å². The van der Waals surface area contributed by atoms with Crippen molar-refractivity contribution in [3.8, 4) is 11.5 Å². The van der Waals surface area contributed by atoms with Crippen molar-refractivity contribution in [1.82, 2.24) is 4.90 Å². The Morgan fingerprint density at radius 3 is 2.34 bits per heavy atom. The van der Waals surface area contributed by atoms with Gasteiger partial charge in [-0.05, 0) is 55.7 Å². The third-order valence-corrected chi connectivity index (χ3v) is 7.01. The highest BCUT2D eigenvalue weighted by Crippen LogP contribution is 2.30. The molecule has 0 radical (unpaired) electrons. The second-order valence-electron chi connectivity index (χ2n) is 8.24. The molecule has 2 N–H and O–H groups in total. The first-order valence-corrected chi connectivity index (χ1v) is 12.3. The summed E-state index contributed by atoms with van der Waals surface area (Å²) < 4.78 is 10.5. The maximum absolute atomic E-state index is 12.6. The van der Waals surface area contributed by atoms with Crippen LogP contribution in [0, 0.1) is 0 Å². The molecule has 184 valence electrons. The van der Waals surface area contributed by atoms with Gasteiger partial charge >= 0.3 is 0 Å². The average Bonchev–Trinajstić information content (AvgIpc) is 3.24. The predicted octanol–water partition coefficient (Wildman–Crippen LogP) is 3.77. The molecule has 2 aliphatic rings. The minimum absolute atomic E-state index is 0.0475. The van der Waals surface area contributed by atoms with Gasteiger partial charge in [-0.1, -0.05) is 11.8 Å². The van der Waals surface area contributed by atoms with Gasteiger partial charge < -0.3 is 25.0 Å². The lowest BCUT2D eigenvalue weighted by Gasteiger charge is -2.27. The maximum Gasteiger partial charge on any atom is 0.262 e. The molecular weight excluding hydrogens is 468 g/mol. The summed E-state index contributed by atoms with van der Waals surface area (Å²) in [6.45, 7) is 1.81. The van der Waals surface area contributed by atoms with Gasteiger partial charge in [0.25, 0.3) is 11.8 Å². The summed E-state index contributed by atoms with van der Waals surface area (Å²) in [5.41, 5.74) is 1.54. The van der Waals surface area contributed by atoms with Crippen LogP contribution in [0.15, 0.2) is 47.5 Å². The molecule has 2 aliphatic heterocycles. The number of nitrogens with zero attached hydrogens (tertiary/aromatic N) is 2. The summed E-state index contributed by atoms with van der Waals surface area (Å²) in [4.78, 5) is 43.7. The van der Waals surface area contributed by atoms with Crippen molar-refractivity contribution in [2.24, 2.45) is 4.99 Å². The molecule has 2 aromatic rings. The van der Waals surface area contributed by atoms with E-state index in [0.717, 1.165) is 31.1 Å². The number of piperidine rings is 1. The molecule has 35 heavy (non-hydrogen) atoms. The molecule has 0 aromatic heterocycles. The van der Waals surface area contributed by atoms with E-state index in [1.54, 1.807) is 49.6 Å². The third kappa shape index (κ3) is 6.13. The molecule has 3 amide bonds. The number of hydrogen-bond acceptors (Lipinski definition) is 7. The highest BCUT2D eigenvalue weighted by atomic mass is 32.2. The average molecular weight is 497 g/mol. The summed E-state index contributed by atoms with van der Waals surface area (Å²) in [5.74, 6) is 0.250. The van der Waals surface area contributed by atoms with Gasteiger partial charge in [0.1, 0.15) is 5.25 Å². The van der Waals surface area contributed by atoms with Crippen LogP contribution in [0.5, 0.6) is 11.5 Å². The fraction of sp³-hybridized carbons (Fsp3) is 0.360. The zero-order valence-electron chi connectivity index (χ0n) is 19.7. The van der Waals surface area contributed by atoms with E-state index in [9.17, 15) is 14.4 Å². The van der Waals surface area contributed by atoms with E-state index in [0.29, 0.717) is 28.4 Å². The molecule has 2 aromatic carbocycles. The molecule has 9 nitrogen and oxygen atoms in total. The number of carbonyl (C=O) groups excluding carboxylic acids is 3. The van der Waals surface area contributed by atoms with E-state index in [1.165, 1.54) is 25.3 Å². The van der Waals surface area contributed by atoms with Crippen molar-refractivity contribution in [1.29, 1.82) is 0 Å². The molecule has 4 rings (SSSR count). The van der Waals surface area contributed by atoms with Gasteiger partial charge in [-0.25, -0.2) is 0 Å². The van der Waals surface area contributed by atoms with Crippen molar-refractivity contribution < 1.29 is 23.9 Å². The van der Waals surface area contributed by atoms with Crippen molar-refractivity contribution in [3.63, 3.8) is 0 Å². The third-order valence-electron chi connectivity index (χ3n) is 5.80. The van der Waals surface area contributed by atoms with E-state index in [-0.39, 0.29) is 24.1 Å². The van der Waals surface area contributed by atoms with Crippen molar-refractivity contribution in [2.45, 2.75) is 30.9 Å². The number of anilines is 2. The lowest BCUT2D eigenvalue weighted by atomic mass is 10.1. The van der Waals surface area contributed by atoms with E-state index < -0.39 is 5.25 Å². The molecule has 0 bridgehead atoms. The van der Waals surface area contributed by atoms with Gasteiger partial charge in [-0.2, -0.15) is 4.99 Å². The van der Waals surface area contributed by atoms with Crippen molar-refractivity contribution >= 4 is 46.0 Å². The van der Waals surface area contributed by atoms with Gasteiger partial charge in [0.2, 0.25) is 5.91 Å². The molecule has 10 heteroatoms. The van der Waals surface area contributed by atoms with Crippen LogP contribution >= 0.6 is 11.8 Å². The second-order valence-corrected chi connectivity index (χ2v) is 9.41. The van der Waals surface area contributed by atoms with Crippen LogP contribution in [0.4, 0.5) is 11.4 Å². The Balaban J connectivity index is 1.29. The summed E-state index contributed by atoms with van der Waals surface area (Å²) in [6.07, 6.45) is 3.44. The number of hydrogen-bond donors (Lipinski definition) is 2. The number of aliphatic imine (C=N–C) groups is 1. The van der Waals surface area contributed by atoms with E-state index in [4.69, 9.17) is 9.47 Å². The van der Waals surface area contributed by atoms with Crippen LogP contribution in [0.25, 0.3) is 0 Å². The number of rotatable bonds is 7. The van der Waals surface area contributed by atoms with Gasteiger partial charge in [-0.15, -0.1) is 0 Å². The van der Waals surface area contributed by atoms with Crippen LogP contribution in [-0.2, 0) is 9.59 Å². The molecule has 1 unspecified atom stereocenters. The highest BCUT2D eigenvalue weighted by Gasteiger charge is 2.33. The molecular formula is C25H28N4O5S. The Kier molecular flexibility index (Phi) is 7.91. The quantitative estimate of drug-likeness (QED) is 0.601. The summed E-state index contributed by atoms with van der Waals surface area (Å²) in [7, 11) is 3.07. The van der Waals surface area contributed by atoms with Crippen LogP contribution in [0.3, 0.4) is 0 Å². The number of amidine groups is 1. The molecule has 0 aliphatic carbocycles. The monoisotopic (exact) mass is 496 g/mol. The maximum atomic E-state index is 12.6. The molecule has 1 atom stereocenters. The lowest BCUT2D eigenvalue weighted by Crippen LogP contribution is -2.33. The first kappa shape index (κ1) is 24.6. The van der Waals surface area contributed by atoms with E-state index in [1.807, 2.05) is 0 Å². The standard InChI is InChI=1S/C25H28N4O5S/c1-33-19-11-10-18(14-20(19)34-2)27-23(31)16-6-8-17(9-7-16)26-22(30)15-21-24(32)28-25(35-21)29-12-4-3-5-13-29/h6-11,14,21H,3-5,12-13,15H2,1-2H3,(H,26,30)(H,27,31). The fourth-order valence-corrected chi connectivity index (χ4v) is 5.05. The van der Waals surface area contributed by atoms with Crippen LogP contribution in [-0.4, -0.2) is 60.3 Å². The summed E-state index contributed by atoms with van der Waals surface area (Å²) >= 11 is 1.37. The van der Waals surface area contributed by atoms with Crippen LogP contribution in [0.1, 0.15) is 36.0 Å². The zero-order chi connectivity index (χ0) is 24.8. The zero-order valence-corrected chi connectivity index (χ0v) is 20.5.